The van der Waals surface area contributed by atoms with Gasteiger partial charge in [0.05, 0.1) is 30.1 Å². The van der Waals surface area contributed by atoms with E-state index < -0.39 is 0 Å². The van der Waals surface area contributed by atoms with E-state index in [0.717, 1.165) is 5.69 Å². The molecule has 1 fully saturated rings. The smallest absolute Gasteiger partial charge is 0.257 e. The van der Waals surface area contributed by atoms with E-state index in [4.69, 9.17) is 9.26 Å². The molecule has 0 aromatic carbocycles. The van der Waals surface area contributed by atoms with E-state index in [1.807, 2.05) is 6.92 Å². The Morgan fingerprint density at radius 1 is 1.43 bits per heavy atom. The van der Waals surface area contributed by atoms with Gasteiger partial charge in [-0.3, -0.25) is 4.98 Å². The summed E-state index contributed by atoms with van der Waals surface area (Å²) in [6, 6.07) is 3.90. The Kier molecular flexibility index (Phi) is 3.54. The van der Waals surface area contributed by atoms with Crippen LogP contribution in [-0.4, -0.2) is 34.3 Å². The summed E-state index contributed by atoms with van der Waals surface area (Å²) >= 11 is 0. The van der Waals surface area contributed by atoms with Crippen LogP contribution in [0.1, 0.15) is 30.3 Å². The van der Waals surface area contributed by atoms with Crippen molar-refractivity contribution in [3.8, 4) is 6.07 Å². The van der Waals surface area contributed by atoms with Crippen molar-refractivity contribution in [1.29, 1.82) is 5.26 Å². The molecule has 7 nitrogen and oxygen atoms in total. The molecule has 1 aliphatic rings. The molecule has 21 heavy (non-hydrogen) atoms. The van der Waals surface area contributed by atoms with Gasteiger partial charge >= 0.3 is 0 Å². The lowest BCUT2D eigenvalue weighted by Gasteiger charge is -2.36. The minimum Gasteiger partial charge on any atom is -0.363 e. The molecule has 7 heteroatoms. The van der Waals surface area contributed by atoms with E-state index in [9.17, 15) is 5.26 Å². The molecule has 1 aliphatic heterocycles. The highest BCUT2D eigenvalue weighted by Crippen LogP contribution is 2.29. The van der Waals surface area contributed by atoms with Crippen LogP contribution in [0.2, 0.25) is 0 Å². The Balaban J connectivity index is 1.88. The Morgan fingerprint density at radius 3 is 3.00 bits per heavy atom. The molecule has 0 saturated carbocycles. The second-order valence-corrected chi connectivity index (χ2v) is 5.02. The molecule has 2 aromatic heterocycles. The highest BCUT2D eigenvalue weighted by atomic mass is 16.5. The van der Waals surface area contributed by atoms with Crippen molar-refractivity contribution in [2.75, 3.05) is 18.0 Å². The predicted molar refractivity (Wildman–Crippen MR) is 73.5 cm³/mol. The highest BCUT2D eigenvalue weighted by Gasteiger charge is 2.31. The van der Waals surface area contributed by atoms with Crippen LogP contribution in [0, 0.1) is 18.3 Å². The standard InChI is InChI=1S/C14H15N5O2/c1-9-7-19(12-6-16-4-3-11(12)5-15)8-13(20-9)14-17-10(2)18-21-14/h3-4,6,9,13H,7-8H2,1-2H3/t9-,13-/m1/s1. The van der Waals surface area contributed by atoms with Gasteiger partial charge < -0.3 is 14.2 Å². The van der Waals surface area contributed by atoms with Gasteiger partial charge in [-0.15, -0.1) is 0 Å². The number of aryl methyl sites for hydroxylation is 1. The van der Waals surface area contributed by atoms with Crippen molar-refractivity contribution in [2.45, 2.75) is 26.1 Å². The van der Waals surface area contributed by atoms with Gasteiger partial charge in [0.15, 0.2) is 11.9 Å². The van der Waals surface area contributed by atoms with Gasteiger partial charge in [0.1, 0.15) is 6.07 Å². The summed E-state index contributed by atoms with van der Waals surface area (Å²) in [4.78, 5) is 10.4. The summed E-state index contributed by atoms with van der Waals surface area (Å²) < 4.78 is 11.1. The van der Waals surface area contributed by atoms with Gasteiger partial charge in [0.2, 0.25) is 0 Å². The van der Waals surface area contributed by atoms with Gasteiger partial charge in [-0.25, -0.2) is 0 Å². The molecule has 3 heterocycles. The molecule has 0 N–H and O–H groups in total. The Labute approximate surface area is 122 Å². The van der Waals surface area contributed by atoms with E-state index in [1.165, 1.54) is 0 Å². The lowest BCUT2D eigenvalue weighted by atomic mass is 10.1. The second-order valence-electron chi connectivity index (χ2n) is 5.02. The molecule has 2 aromatic rings. The van der Waals surface area contributed by atoms with Crippen LogP contribution in [-0.2, 0) is 4.74 Å². The van der Waals surface area contributed by atoms with Crippen molar-refractivity contribution >= 4 is 5.69 Å². The lowest BCUT2D eigenvalue weighted by molar-refractivity contribution is -0.0331. The average molecular weight is 285 g/mol. The Morgan fingerprint density at radius 2 is 2.29 bits per heavy atom. The SMILES string of the molecule is Cc1noc([C@H]2CN(c3cnccc3C#N)C[C@@H](C)O2)n1. The molecule has 0 bridgehead atoms. The summed E-state index contributed by atoms with van der Waals surface area (Å²) in [5, 5.41) is 13.0. The molecule has 108 valence electrons. The number of anilines is 1. The number of hydrogen-bond donors (Lipinski definition) is 0. The number of aromatic nitrogens is 3. The van der Waals surface area contributed by atoms with E-state index in [0.29, 0.717) is 30.4 Å². The Bertz CT molecular complexity index is 678. The van der Waals surface area contributed by atoms with Crippen molar-refractivity contribution in [1.82, 2.24) is 15.1 Å². The third kappa shape index (κ3) is 2.71. The summed E-state index contributed by atoms with van der Waals surface area (Å²) in [5.74, 6) is 1.05. The van der Waals surface area contributed by atoms with Crippen molar-refractivity contribution < 1.29 is 9.26 Å². The molecular weight excluding hydrogens is 270 g/mol. The van der Waals surface area contributed by atoms with Crippen LogP contribution in [0.3, 0.4) is 0 Å². The molecule has 0 radical (unpaired) electrons. The van der Waals surface area contributed by atoms with Crippen molar-refractivity contribution in [3.63, 3.8) is 0 Å². The maximum atomic E-state index is 9.22. The molecule has 2 atom stereocenters. The number of morpholine rings is 1. The van der Waals surface area contributed by atoms with E-state index in [1.54, 1.807) is 25.4 Å². The number of nitrogens with zero attached hydrogens (tertiary/aromatic N) is 5. The summed E-state index contributed by atoms with van der Waals surface area (Å²) in [6.45, 7) is 4.98. The predicted octanol–water partition coefficient (Wildman–Crippen LogP) is 1.61. The fourth-order valence-electron chi connectivity index (χ4n) is 2.46. The second kappa shape index (κ2) is 5.50. The minimum absolute atomic E-state index is 0.0114. The van der Waals surface area contributed by atoms with E-state index >= 15 is 0 Å². The van der Waals surface area contributed by atoms with Crippen LogP contribution in [0.15, 0.2) is 23.0 Å². The van der Waals surface area contributed by atoms with Crippen molar-refractivity contribution in [2.24, 2.45) is 0 Å². The number of pyridine rings is 1. The first-order valence-corrected chi connectivity index (χ1v) is 6.72. The van der Waals surface area contributed by atoms with Gasteiger partial charge in [-0.2, -0.15) is 10.2 Å². The molecule has 0 unspecified atom stereocenters. The van der Waals surface area contributed by atoms with Gasteiger partial charge in [-0.1, -0.05) is 5.16 Å². The minimum atomic E-state index is -0.304. The zero-order chi connectivity index (χ0) is 14.8. The molecular formula is C14H15N5O2. The first kappa shape index (κ1) is 13.5. The number of ether oxygens (including phenoxy) is 1. The fourth-order valence-corrected chi connectivity index (χ4v) is 2.46. The molecule has 0 aliphatic carbocycles. The van der Waals surface area contributed by atoms with Gasteiger partial charge in [-0.05, 0) is 19.9 Å². The third-order valence-corrected chi connectivity index (χ3v) is 3.34. The molecule has 0 amide bonds. The van der Waals surface area contributed by atoms with Crippen LogP contribution < -0.4 is 4.90 Å². The Hall–Kier alpha value is -2.46. The van der Waals surface area contributed by atoms with Crippen LogP contribution in [0.25, 0.3) is 0 Å². The topological polar surface area (TPSA) is 88.1 Å². The van der Waals surface area contributed by atoms with E-state index in [-0.39, 0.29) is 12.2 Å². The molecule has 0 spiro atoms. The zero-order valence-electron chi connectivity index (χ0n) is 11.9. The largest absolute Gasteiger partial charge is 0.363 e. The zero-order valence-corrected chi connectivity index (χ0v) is 11.9. The van der Waals surface area contributed by atoms with Crippen LogP contribution in [0.5, 0.6) is 0 Å². The quantitative estimate of drug-likeness (QED) is 0.828. The monoisotopic (exact) mass is 285 g/mol. The number of hydrogen-bond acceptors (Lipinski definition) is 7. The van der Waals surface area contributed by atoms with Crippen LogP contribution >= 0.6 is 0 Å². The maximum Gasteiger partial charge on any atom is 0.257 e. The first-order chi connectivity index (χ1) is 10.2. The van der Waals surface area contributed by atoms with Crippen LogP contribution in [0.4, 0.5) is 5.69 Å². The normalized spacial score (nSPS) is 22.0. The lowest BCUT2D eigenvalue weighted by Crippen LogP contribution is -2.43. The summed E-state index contributed by atoms with van der Waals surface area (Å²) in [7, 11) is 0. The molecule has 3 rings (SSSR count). The number of rotatable bonds is 2. The fraction of sp³-hybridized carbons (Fsp3) is 0.429. The van der Waals surface area contributed by atoms with Gasteiger partial charge in [0, 0.05) is 12.7 Å². The third-order valence-electron chi connectivity index (χ3n) is 3.34. The summed E-state index contributed by atoms with van der Waals surface area (Å²) in [5.41, 5.74) is 1.40. The first-order valence-electron chi connectivity index (χ1n) is 6.72. The summed E-state index contributed by atoms with van der Waals surface area (Å²) in [6.07, 6.45) is 3.00. The van der Waals surface area contributed by atoms with Gasteiger partial charge in [0.25, 0.3) is 5.89 Å². The highest BCUT2D eigenvalue weighted by molar-refractivity contribution is 5.58. The maximum absolute atomic E-state index is 9.22. The average Bonchev–Trinajstić information content (AvgIpc) is 2.93. The molecule has 1 saturated heterocycles. The number of nitriles is 1. The van der Waals surface area contributed by atoms with Crippen molar-refractivity contribution in [3.05, 3.63) is 35.7 Å². The van der Waals surface area contributed by atoms with E-state index in [2.05, 4.69) is 26.1 Å².